The Labute approximate surface area is 115 Å². The van der Waals surface area contributed by atoms with Gasteiger partial charge in [0, 0.05) is 19.0 Å². The van der Waals surface area contributed by atoms with Gasteiger partial charge < -0.3 is 14.7 Å². The van der Waals surface area contributed by atoms with E-state index in [1.807, 2.05) is 38.1 Å². The summed E-state index contributed by atoms with van der Waals surface area (Å²) in [6.45, 7) is 9.54. The summed E-state index contributed by atoms with van der Waals surface area (Å²) in [6.07, 6.45) is -0.822. The smallest absolute Gasteiger partial charge is 0.345 e. The summed E-state index contributed by atoms with van der Waals surface area (Å²) in [7, 11) is 0. The molecule has 0 aliphatic carbocycles. The van der Waals surface area contributed by atoms with E-state index >= 15 is 0 Å². The summed E-state index contributed by atoms with van der Waals surface area (Å²) in [5, 5.41) is 9.21. The summed E-state index contributed by atoms with van der Waals surface area (Å²) in [6, 6.07) is 7.58. The largest absolute Gasteiger partial charge is 0.478 e. The van der Waals surface area contributed by atoms with Gasteiger partial charge >= 0.3 is 5.97 Å². The average molecular weight is 265 g/mol. The Morgan fingerprint density at radius 2 is 1.84 bits per heavy atom. The van der Waals surface area contributed by atoms with Crippen molar-refractivity contribution >= 4 is 11.7 Å². The van der Waals surface area contributed by atoms with Crippen LogP contribution in [0.4, 0.5) is 5.69 Å². The molecular weight excluding hydrogens is 242 g/mol. The van der Waals surface area contributed by atoms with E-state index in [2.05, 4.69) is 18.7 Å². The van der Waals surface area contributed by atoms with Gasteiger partial charge in [0.2, 0.25) is 0 Å². The molecule has 0 aliphatic heterocycles. The number of anilines is 1. The van der Waals surface area contributed by atoms with E-state index < -0.39 is 12.1 Å². The van der Waals surface area contributed by atoms with Crippen molar-refractivity contribution in [1.82, 2.24) is 0 Å². The highest BCUT2D eigenvalue weighted by Gasteiger charge is 2.24. The Hall–Kier alpha value is -1.71. The number of benzene rings is 1. The molecule has 0 saturated heterocycles. The number of ether oxygens (including phenoxy) is 1. The Morgan fingerprint density at radius 1 is 1.26 bits per heavy atom. The topological polar surface area (TPSA) is 49.8 Å². The van der Waals surface area contributed by atoms with E-state index in [0.717, 1.165) is 18.8 Å². The molecule has 0 saturated carbocycles. The normalized spacial score (nSPS) is 12.3. The van der Waals surface area contributed by atoms with E-state index in [-0.39, 0.29) is 5.92 Å². The molecule has 1 unspecified atom stereocenters. The Kier molecular flexibility index (Phi) is 5.67. The van der Waals surface area contributed by atoms with Crippen LogP contribution in [0.3, 0.4) is 0 Å². The summed E-state index contributed by atoms with van der Waals surface area (Å²) >= 11 is 0. The summed E-state index contributed by atoms with van der Waals surface area (Å²) < 4.78 is 5.71. The van der Waals surface area contributed by atoms with Gasteiger partial charge in [0.15, 0.2) is 6.10 Å². The third-order valence-electron chi connectivity index (χ3n) is 3.07. The third-order valence-corrected chi connectivity index (χ3v) is 3.07. The van der Waals surface area contributed by atoms with Gasteiger partial charge in [0.1, 0.15) is 5.75 Å². The number of rotatable bonds is 7. The van der Waals surface area contributed by atoms with Crippen molar-refractivity contribution in [2.75, 3.05) is 18.0 Å². The summed E-state index contributed by atoms with van der Waals surface area (Å²) in [4.78, 5) is 13.4. The van der Waals surface area contributed by atoms with Crippen LogP contribution in [-0.4, -0.2) is 30.3 Å². The number of hydrogen-bond acceptors (Lipinski definition) is 3. The van der Waals surface area contributed by atoms with Crippen LogP contribution in [0, 0.1) is 5.92 Å². The van der Waals surface area contributed by atoms with Gasteiger partial charge in [-0.25, -0.2) is 4.79 Å². The van der Waals surface area contributed by atoms with Gasteiger partial charge in [0.05, 0.1) is 5.69 Å². The summed E-state index contributed by atoms with van der Waals surface area (Å²) in [5.74, 6) is -0.376. The van der Waals surface area contributed by atoms with Crippen LogP contribution < -0.4 is 9.64 Å². The number of carboxylic acids is 1. The highest BCUT2D eigenvalue weighted by Crippen LogP contribution is 2.29. The predicted octanol–water partition coefficient (Wildman–Crippen LogP) is 3.02. The van der Waals surface area contributed by atoms with E-state index in [0.29, 0.717) is 5.75 Å². The zero-order valence-electron chi connectivity index (χ0n) is 12.1. The number of para-hydroxylation sites is 2. The first kappa shape index (κ1) is 15.3. The van der Waals surface area contributed by atoms with E-state index in [1.54, 1.807) is 0 Å². The van der Waals surface area contributed by atoms with Crippen LogP contribution in [0.5, 0.6) is 5.75 Å². The first-order valence-corrected chi connectivity index (χ1v) is 6.74. The molecule has 0 radical (unpaired) electrons. The minimum atomic E-state index is -0.927. The van der Waals surface area contributed by atoms with Crippen LogP contribution in [0.25, 0.3) is 0 Å². The number of hydrogen-bond donors (Lipinski definition) is 1. The van der Waals surface area contributed by atoms with Gasteiger partial charge in [-0.05, 0) is 26.0 Å². The molecule has 1 rings (SSSR count). The molecule has 1 aromatic rings. The fraction of sp³-hybridized carbons (Fsp3) is 0.533. The van der Waals surface area contributed by atoms with Crippen molar-refractivity contribution in [2.24, 2.45) is 5.92 Å². The first-order chi connectivity index (χ1) is 9.01. The van der Waals surface area contributed by atoms with Crippen molar-refractivity contribution < 1.29 is 14.6 Å². The number of aliphatic carboxylic acids is 1. The van der Waals surface area contributed by atoms with Crippen LogP contribution in [0.2, 0.25) is 0 Å². The van der Waals surface area contributed by atoms with Crippen LogP contribution >= 0.6 is 0 Å². The molecule has 0 heterocycles. The lowest BCUT2D eigenvalue weighted by atomic mass is 10.1. The molecule has 1 aromatic carbocycles. The van der Waals surface area contributed by atoms with E-state index in [9.17, 15) is 9.90 Å². The molecule has 0 aromatic heterocycles. The van der Waals surface area contributed by atoms with Crippen LogP contribution in [-0.2, 0) is 4.79 Å². The molecule has 1 atom stereocenters. The molecule has 0 spiro atoms. The number of carbonyl (C=O) groups is 1. The molecular formula is C15H23NO3. The van der Waals surface area contributed by atoms with Crippen molar-refractivity contribution in [1.29, 1.82) is 0 Å². The second-order valence-electron chi connectivity index (χ2n) is 4.76. The Morgan fingerprint density at radius 3 is 2.32 bits per heavy atom. The molecule has 19 heavy (non-hydrogen) atoms. The lowest BCUT2D eigenvalue weighted by molar-refractivity contribution is -0.147. The van der Waals surface area contributed by atoms with Crippen molar-refractivity contribution in [3.63, 3.8) is 0 Å². The van der Waals surface area contributed by atoms with E-state index in [4.69, 9.17) is 4.74 Å². The maximum absolute atomic E-state index is 11.2. The maximum Gasteiger partial charge on any atom is 0.345 e. The Bertz CT molecular complexity index is 414. The third kappa shape index (κ3) is 3.88. The zero-order valence-corrected chi connectivity index (χ0v) is 12.1. The quantitative estimate of drug-likeness (QED) is 0.823. The second kappa shape index (κ2) is 7.02. The fourth-order valence-electron chi connectivity index (χ4n) is 1.99. The molecule has 0 bridgehead atoms. The molecule has 0 amide bonds. The minimum Gasteiger partial charge on any atom is -0.478 e. The molecule has 4 nitrogen and oxygen atoms in total. The van der Waals surface area contributed by atoms with Crippen molar-refractivity contribution in [3.05, 3.63) is 24.3 Å². The first-order valence-electron chi connectivity index (χ1n) is 6.74. The van der Waals surface area contributed by atoms with E-state index in [1.165, 1.54) is 0 Å². The molecule has 1 N–H and O–H groups in total. The minimum absolute atomic E-state index is 0.0812. The monoisotopic (exact) mass is 265 g/mol. The van der Waals surface area contributed by atoms with Gasteiger partial charge in [0.25, 0.3) is 0 Å². The van der Waals surface area contributed by atoms with Gasteiger partial charge in [-0.1, -0.05) is 26.0 Å². The zero-order chi connectivity index (χ0) is 14.4. The highest BCUT2D eigenvalue weighted by molar-refractivity contribution is 5.73. The van der Waals surface area contributed by atoms with Crippen molar-refractivity contribution in [3.8, 4) is 5.75 Å². The molecule has 106 valence electrons. The van der Waals surface area contributed by atoms with Crippen molar-refractivity contribution in [2.45, 2.75) is 33.8 Å². The molecule has 4 heteroatoms. The van der Waals surface area contributed by atoms with Gasteiger partial charge in [-0.3, -0.25) is 0 Å². The molecule has 0 aliphatic rings. The SMILES string of the molecule is CCN(CC)c1ccccc1OC(C(=O)O)C(C)C. The maximum atomic E-state index is 11.2. The number of nitrogens with zero attached hydrogens (tertiary/aromatic N) is 1. The standard InChI is InChI=1S/C15H23NO3/c1-5-16(6-2)12-9-7-8-10-13(12)19-14(11(3)4)15(17)18/h7-11,14H,5-6H2,1-4H3,(H,17,18). The lowest BCUT2D eigenvalue weighted by Gasteiger charge is -2.26. The predicted molar refractivity (Wildman–Crippen MR) is 76.9 cm³/mol. The molecule has 0 fully saturated rings. The van der Waals surface area contributed by atoms with Crippen LogP contribution in [0.1, 0.15) is 27.7 Å². The number of carboxylic acid groups (broad SMARTS) is 1. The highest BCUT2D eigenvalue weighted by atomic mass is 16.5. The van der Waals surface area contributed by atoms with Gasteiger partial charge in [-0.2, -0.15) is 0 Å². The summed E-state index contributed by atoms with van der Waals surface area (Å²) in [5.41, 5.74) is 0.944. The second-order valence-corrected chi connectivity index (χ2v) is 4.76. The lowest BCUT2D eigenvalue weighted by Crippen LogP contribution is -2.33. The average Bonchev–Trinajstić information content (AvgIpc) is 2.38. The Balaban J connectivity index is 3.03. The fourth-order valence-corrected chi connectivity index (χ4v) is 1.99. The van der Waals surface area contributed by atoms with Gasteiger partial charge in [-0.15, -0.1) is 0 Å². The van der Waals surface area contributed by atoms with Crippen LogP contribution in [0.15, 0.2) is 24.3 Å².